The molecule has 1 aromatic heterocycles. The van der Waals surface area contributed by atoms with Crippen LogP contribution in [0.1, 0.15) is 41.0 Å². The largest absolute Gasteiger partial charge is 0.497 e. The highest BCUT2D eigenvalue weighted by Gasteiger charge is 2.29. The van der Waals surface area contributed by atoms with Gasteiger partial charge in [0.05, 0.1) is 31.0 Å². The van der Waals surface area contributed by atoms with E-state index in [2.05, 4.69) is 45.9 Å². The molecule has 2 aromatic carbocycles. The first kappa shape index (κ1) is 19.0. The lowest BCUT2D eigenvalue weighted by molar-refractivity contribution is 0.0932. The van der Waals surface area contributed by atoms with E-state index < -0.39 is 0 Å². The van der Waals surface area contributed by atoms with Gasteiger partial charge in [0.1, 0.15) is 5.75 Å². The number of rotatable bonds is 5. The Hall–Kier alpha value is -3.34. The van der Waals surface area contributed by atoms with Crippen LogP contribution in [0.25, 0.3) is 10.9 Å². The van der Waals surface area contributed by atoms with Gasteiger partial charge in [-0.1, -0.05) is 6.07 Å². The zero-order valence-electron chi connectivity index (χ0n) is 16.4. The Kier molecular flexibility index (Phi) is 5.21. The third-order valence-electron chi connectivity index (χ3n) is 5.28. The zero-order valence-corrected chi connectivity index (χ0v) is 16.4. The number of nitrogens with one attached hydrogen (secondary N) is 3. The molecule has 1 fully saturated rings. The van der Waals surface area contributed by atoms with Crippen molar-refractivity contribution in [1.29, 1.82) is 5.26 Å². The quantitative estimate of drug-likeness (QED) is 0.624. The van der Waals surface area contributed by atoms with Crippen LogP contribution in [0.5, 0.6) is 5.75 Å². The molecule has 7 heteroatoms. The third kappa shape index (κ3) is 3.68. The minimum Gasteiger partial charge on any atom is -0.497 e. The summed E-state index contributed by atoms with van der Waals surface area (Å²) < 4.78 is 7.62. The molecule has 7 nitrogen and oxygen atoms in total. The molecule has 148 valence electrons. The molecule has 3 aromatic rings. The third-order valence-corrected chi connectivity index (χ3v) is 5.28. The van der Waals surface area contributed by atoms with Gasteiger partial charge >= 0.3 is 0 Å². The van der Waals surface area contributed by atoms with Crippen molar-refractivity contribution in [3.8, 4) is 11.8 Å². The van der Waals surface area contributed by atoms with E-state index in [0.29, 0.717) is 17.5 Å². The number of aryl methyl sites for hydroxylation is 1. The van der Waals surface area contributed by atoms with E-state index >= 15 is 0 Å². The number of hydrogen-bond acceptors (Lipinski definition) is 5. The molecule has 2 unspecified atom stereocenters. The second-order valence-corrected chi connectivity index (χ2v) is 7.03. The van der Waals surface area contributed by atoms with Crippen molar-refractivity contribution in [2.75, 3.05) is 7.11 Å². The van der Waals surface area contributed by atoms with Gasteiger partial charge in [0.15, 0.2) is 0 Å². The minimum absolute atomic E-state index is 0.0593. The Bertz CT molecular complexity index is 1100. The second-order valence-electron chi connectivity index (χ2n) is 7.03. The van der Waals surface area contributed by atoms with Gasteiger partial charge < -0.3 is 14.6 Å². The summed E-state index contributed by atoms with van der Waals surface area (Å²) in [6, 6.07) is 17.1. The molecular formula is C22H23N5O2. The van der Waals surface area contributed by atoms with E-state index in [4.69, 9.17) is 10.00 Å². The Morgan fingerprint density at radius 3 is 2.90 bits per heavy atom. The second kappa shape index (κ2) is 7.95. The van der Waals surface area contributed by atoms with Gasteiger partial charge in [-0.15, -0.1) is 0 Å². The van der Waals surface area contributed by atoms with E-state index in [-0.39, 0.29) is 18.1 Å². The van der Waals surface area contributed by atoms with Crippen molar-refractivity contribution in [2.45, 2.75) is 32.1 Å². The molecular weight excluding hydrogens is 366 g/mol. The maximum absolute atomic E-state index is 12.5. The summed E-state index contributed by atoms with van der Waals surface area (Å²) in [5.41, 5.74) is 9.73. The fourth-order valence-corrected chi connectivity index (χ4v) is 3.85. The number of methoxy groups -OCH3 is 1. The predicted octanol–water partition coefficient (Wildman–Crippen LogP) is 2.84. The van der Waals surface area contributed by atoms with E-state index in [9.17, 15) is 4.79 Å². The molecule has 1 aliphatic heterocycles. The number of aromatic nitrogens is 1. The van der Waals surface area contributed by atoms with Crippen molar-refractivity contribution >= 4 is 16.8 Å². The number of benzene rings is 2. The molecule has 1 amide bonds. The van der Waals surface area contributed by atoms with E-state index in [0.717, 1.165) is 28.9 Å². The van der Waals surface area contributed by atoms with Crippen LogP contribution in [0.4, 0.5) is 0 Å². The SMILES string of the molecule is CCn1c(C2CC(NC(=O)c3cccc(C#N)c3)NN2)cc2cc(OC)ccc21. The monoisotopic (exact) mass is 389 g/mol. The highest BCUT2D eigenvalue weighted by molar-refractivity contribution is 5.94. The van der Waals surface area contributed by atoms with Crippen molar-refractivity contribution < 1.29 is 9.53 Å². The smallest absolute Gasteiger partial charge is 0.252 e. The molecule has 3 N–H and O–H groups in total. The lowest BCUT2D eigenvalue weighted by Gasteiger charge is -2.14. The number of ether oxygens (including phenoxy) is 1. The van der Waals surface area contributed by atoms with Crippen molar-refractivity contribution in [3.05, 3.63) is 65.4 Å². The van der Waals surface area contributed by atoms with Crippen LogP contribution in [0.15, 0.2) is 48.5 Å². The fraction of sp³-hybridized carbons (Fsp3) is 0.273. The van der Waals surface area contributed by atoms with E-state index in [1.54, 1.807) is 31.4 Å². The number of nitrogens with zero attached hydrogens (tertiary/aromatic N) is 2. The number of carbonyl (C=O) groups is 1. The molecule has 1 aliphatic rings. The lowest BCUT2D eigenvalue weighted by atomic mass is 10.1. The average Bonchev–Trinajstić information content (AvgIpc) is 3.36. The lowest BCUT2D eigenvalue weighted by Crippen LogP contribution is -2.44. The maximum Gasteiger partial charge on any atom is 0.252 e. The molecule has 0 aliphatic carbocycles. The normalized spacial score (nSPS) is 18.5. The maximum atomic E-state index is 12.5. The topological polar surface area (TPSA) is 91.1 Å². The Morgan fingerprint density at radius 2 is 2.14 bits per heavy atom. The van der Waals surface area contributed by atoms with Gasteiger partial charge in [-0.2, -0.15) is 5.26 Å². The van der Waals surface area contributed by atoms with Crippen LogP contribution in [0.2, 0.25) is 0 Å². The molecule has 1 saturated heterocycles. The van der Waals surface area contributed by atoms with E-state index in [1.807, 2.05) is 12.1 Å². The summed E-state index contributed by atoms with van der Waals surface area (Å²) in [5, 5.41) is 13.1. The predicted molar refractivity (Wildman–Crippen MR) is 110 cm³/mol. The molecule has 0 bridgehead atoms. The van der Waals surface area contributed by atoms with Crippen molar-refractivity contribution in [2.24, 2.45) is 0 Å². The molecule has 2 heterocycles. The van der Waals surface area contributed by atoms with Gasteiger partial charge in [0, 0.05) is 35.1 Å². The Balaban J connectivity index is 1.51. The number of amides is 1. The van der Waals surface area contributed by atoms with Crippen LogP contribution >= 0.6 is 0 Å². The van der Waals surface area contributed by atoms with Gasteiger partial charge in [-0.3, -0.25) is 4.79 Å². The first-order chi connectivity index (χ1) is 14.1. The standard InChI is InChI=1S/C22H23N5O2/c1-3-27-19-8-7-17(29-2)10-16(19)11-20(27)18-12-21(26-25-18)24-22(28)15-6-4-5-14(9-15)13-23/h4-11,18,21,25-26H,3,12H2,1-2H3,(H,24,28). The first-order valence-electron chi connectivity index (χ1n) is 9.62. The van der Waals surface area contributed by atoms with Gasteiger partial charge in [-0.25, -0.2) is 10.9 Å². The molecule has 0 saturated carbocycles. The number of hydrogen-bond donors (Lipinski definition) is 3. The molecule has 4 rings (SSSR count). The zero-order chi connectivity index (χ0) is 20.4. The molecule has 0 radical (unpaired) electrons. The summed E-state index contributed by atoms with van der Waals surface area (Å²) in [6.07, 6.45) is 0.494. The van der Waals surface area contributed by atoms with Gasteiger partial charge in [0.2, 0.25) is 0 Å². The van der Waals surface area contributed by atoms with Crippen LogP contribution in [0, 0.1) is 11.3 Å². The summed E-state index contributed by atoms with van der Waals surface area (Å²) in [7, 11) is 1.67. The average molecular weight is 389 g/mol. The van der Waals surface area contributed by atoms with Crippen molar-refractivity contribution in [1.82, 2.24) is 20.7 Å². The number of carbonyl (C=O) groups excluding carboxylic acids is 1. The van der Waals surface area contributed by atoms with Crippen molar-refractivity contribution in [3.63, 3.8) is 0 Å². The highest BCUT2D eigenvalue weighted by Crippen LogP contribution is 2.30. The summed E-state index contributed by atoms with van der Waals surface area (Å²) in [6.45, 7) is 2.97. The Labute approximate surface area is 169 Å². The fourth-order valence-electron chi connectivity index (χ4n) is 3.85. The first-order valence-corrected chi connectivity index (χ1v) is 9.62. The van der Waals surface area contributed by atoms with Crippen LogP contribution in [-0.2, 0) is 6.54 Å². The van der Waals surface area contributed by atoms with Crippen LogP contribution in [-0.4, -0.2) is 23.7 Å². The summed E-state index contributed by atoms with van der Waals surface area (Å²) >= 11 is 0. The van der Waals surface area contributed by atoms with Crippen LogP contribution < -0.4 is 20.9 Å². The minimum atomic E-state index is -0.212. The number of fused-ring (bicyclic) bond motifs is 1. The van der Waals surface area contributed by atoms with Gasteiger partial charge in [-0.05, 0) is 49.4 Å². The molecule has 0 spiro atoms. The number of hydrazine groups is 1. The summed E-state index contributed by atoms with van der Waals surface area (Å²) in [5.74, 6) is 0.627. The molecule has 2 atom stereocenters. The highest BCUT2D eigenvalue weighted by atomic mass is 16.5. The van der Waals surface area contributed by atoms with Crippen LogP contribution in [0.3, 0.4) is 0 Å². The number of nitriles is 1. The summed E-state index contributed by atoms with van der Waals surface area (Å²) in [4.78, 5) is 12.5. The van der Waals surface area contributed by atoms with E-state index in [1.165, 1.54) is 0 Å². The van der Waals surface area contributed by atoms with Gasteiger partial charge in [0.25, 0.3) is 5.91 Å². The molecule has 29 heavy (non-hydrogen) atoms. The Morgan fingerprint density at radius 1 is 1.28 bits per heavy atom.